The molecular weight excluding hydrogens is 284 g/mol. The first-order valence-corrected chi connectivity index (χ1v) is 8.61. The first-order valence-electron chi connectivity index (χ1n) is 7.73. The van der Waals surface area contributed by atoms with Crippen molar-refractivity contribution in [3.63, 3.8) is 0 Å². The van der Waals surface area contributed by atoms with Crippen LogP contribution in [0.4, 0.5) is 0 Å². The van der Waals surface area contributed by atoms with E-state index in [9.17, 15) is 0 Å². The lowest BCUT2D eigenvalue weighted by Crippen LogP contribution is -2.41. The maximum atomic E-state index is 5.45. The summed E-state index contributed by atoms with van der Waals surface area (Å²) in [4.78, 5) is 11.5. The molecule has 1 atom stereocenters. The van der Waals surface area contributed by atoms with Gasteiger partial charge in [0.25, 0.3) is 0 Å². The summed E-state index contributed by atoms with van der Waals surface area (Å²) in [6.07, 6.45) is 2.14. The van der Waals surface area contributed by atoms with Crippen LogP contribution in [0.2, 0.25) is 0 Å². The Balaban J connectivity index is 1.93. The van der Waals surface area contributed by atoms with E-state index < -0.39 is 0 Å². The Morgan fingerprint density at radius 2 is 2.43 bits per heavy atom. The highest BCUT2D eigenvalue weighted by molar-refractivity contribution is 7.09. The average Bonchev–Trinajstić information content (AvgIpc) is 3.14. The number of guanidine groups is 1. The number of aromatic nitrogens is 1. The molecular formula is C15H26N4OS. The summed E-state index contributed by atoms with van der Waals surface area (Å²) >= 11 is 1.72. The molecule has 0 bridgehead atoms. The fourth-order valence-electron chi connectivity index (χ4n) is 2.41. The third-order valence-corrected chi connectivity index (χ3v) is 4.59. The first kappa shape index (κ1) is 16.2. The molecule has 0 aliphatic carbocycles. The predicted octanol–water partition coefficient (Wildman–Crippen LogP) is 2.14. The van der Waals surface area contributed by atoms with Gasteiger partial charge in [-0.25, -0.2) is 9.98 Å². The number of rotatable bonds is 6. The quantitative estimate of drug-likeness (QED) is 0.646. The molecule has 1 unspecified atom stereocenters. The Kier molecular flexibility index (Phi) is 6.45. The number of nitrogens with one attached hydrogen (secondary N) is 1. The van der Waals surface area contributed by atoms with Crippen LogP contribution in [0.1, 0.15) is 31.0 Å². The Labute approximate surface area is 131 Å². The number of hydrogen-bond acceptors (Lipinski definition) is 4. The van der Waals surface area contributed by atoms with E-state index in [-0.39, 0.29) is 0 Å². The van der Waals surface area contributed by atoms with Gasteiger partial charge < -0.3 is 15.0 Å². The van der Waals surface area contributed by atoms with Crippen molar-refractivity contribution < 1.29 is 4.74 Å². The van der Waals surface area contributed by atoms with Gasteiger partial charge in [-0.1, -0.05) is 6.92 Å². The van der Waals surface area contributed by atoms with Crippen molar-refractivity contribution in [3.05, 3.63) is 16.1 Å². The maximum Gasteiger partial charge on any atom is 0.194 e. The maximum absolute atomic E-state index is 5.45. The Bertz CT molecular complexity index is 454. The molecule has 0 aromatic carbocycles. The SMILES string of the molecule is CCNC(=NCc1csc(CC)n1)N(C)CC1CCOC1. The zero-order chi connectivity index (χ0) is 15.1. The second kappa shape index (κ2) is 8.34. The Morgan fingerprint density at radius 1 is 1.57 bits per heavy atom. The van der Waals surface area contributed by atoms with Crippen LogP contribution < -0.4 is 5.32 Å². The summed E-state index contributed by atoms with van der Waals surface area (Å²) in [6.45, 7) is 8.50. The second-order valence-electron chi connectivity index (χ2n) is 5.37. The molecule has 1 aromatic heterocycles. The van der Waals surface area contributed by atoms with E-state index >= 15 is 0 Å². The van der Waals surface area contributed by atoms with Gasteiger partial charge in [-0.05, 0) is 19.8 Å². The van der Waals surface area contributed by atoms with Crippen molar-refractivity contribution in [2.45, 2.75) is 33.2 Å². The first-order chi connectivity index (χ1) is 10.2. The molecule has 2 rings (SSSR count). The monoisotopic (exact) mass is 310 g/mol. The van der Waals surface area contributed by atoms with Gasteiger partial charge in [0.15, 0.2) is 5.96 Å². The van der Waals surface area contributed by atoms with Gasteiger partial charge in [-0.15, -0.1) is 11.3 Å². The molecule has 118 valence electrons. The van der Waals surface area contributed by atoms with E-state index in [1.807, 2.05) is 0 Å². The molecule has 1 N–H and O–H groups in total. The normalized spacial score (nSPS) is 19.0. The summed E-state index contributed by atoms with van der Waals surface area (Å²) in [6, 6.07) is 0. The van der Waals surface area contributed by atoms with Gasteiger partial charge >= 0.3 is 0 Å². The lowest BCUT2D eigenvalue weighted by atomic mass is 10.1. The van der Waals surface area contributed by atoms with Gasteiger partial charge in [0.05, 0.1) is 23.9 Å². The number of thiazole rings is 1. The lowest BCUT2D eigenvalue weighted by Gasteiger charge is -2.24. The highest BCUT2D eigenvalue weighted by Gasteiger charge is 2.19. The molecule has 0 radical (unpaired) electrons. The van der Waals surface area contributed by atoms with Gasteiger partial charge in [-0.3, -0.25) is 0 Å². The van der Waals surface area contributed by atoms with E-state index in [4.69, 9.17) is 9.73 Å². The molecule has 0 amide bonds. The molecule has 0 saturated carbocycles. The van der Waals surface area contributed by atoms with Gasteiger partial charge in [0.1, 0.15) is 0 Å². The van der Waals surface area contributed by atoms with Crippen molar-refractivity contribution in [1.29, 1.82) is 0 Å². The molecule has 21 heavy (non-hydrogen) atoms. The van der Waals surface area contributed by atoms with E-state index in [2.05, 4.69) is 41.5 Å². The summed E-state index contributed by atoms with van der Waals surface area (Å²) in [7, 11) is 2.10. The summed E-state index contributed by atoms with van der Waals surface area (Å²) in [5.74, 6) is 1.57. The highest BCUT2D eigenvalue weighted by atomic mass is 32.1. The minimum Gasteiger partial charge on any atom is -0.381 e. The van der Waals surface area contributed by atoms with Crippen LogP contribution in [-0.4, -0.2) is 49.2 Å². The minimum atomic E-state index is 0.616. The number of aryl methyl sites for hydroxylation is 1. The van der Waals surface area contributed by atoms with Crippen molar-refractivity contribution in [3.8, 4) is 0 Å². The topological polar surface area (TPSA) is 49.8 Å². The van der Waals surface area contributed by atoms with E-state index in [0.717, 1.165) is 50.8 Å². The molecule has 6 heteroatoms. The van der Waals surface area contributed by atoms with Crippen LogP contribution in [0, 0.1) is 5.92 Å². The van der Waals surface area contributed by atoms with Crippen LogP contribution in [0.15, 0.2) is 10.4 Å². The van der Waals surface area contributed by atoms with Gasteiger partial charge in [-0.2, -0.15) is 0 Å². The fraction of sp³-hybridized carbons (Fsp3) is 0.733. The Morgan fingerprint density at radius 3 is 3.05 bits per heavy atom. The molecule has 1 saturated heterocycles. The second-order valence-corrected chi connectivity index (χ2v) is 6.31. The largest absolute Gasteiger partial charge is 0.381 e. The summed E-state index contributed by atoms with van der Waals surface area (Å²) in [5.41, 5.74) is 1.06. The smallest absolute Gasteiger partial charge is 0.194 e. The number of aliphatic imine (C=N–C) groups is 1. The number of hydrogen-bond donors (Lipinski definition) is 1. The standard InChI is InChI=1S/C15H26N4OS/c1-4-14-18-13(11-21-14)8-17-15(16-5-2)19(3)9-12-6-7-20-10-12/h11-12H,4-10H2,1-3H3,(H,16,17). The molecule has 1 aliphatic rings. The number of nitrogens with zero attached hydrogens (tertiary/aromatic N) is 3. The van der Waals surface area contributed by atoms with Crippen molar-refractivity contribution in [2.24, 2.45) is 10.9 Å². The zero-order valence-electron chi connectivity index (χ0n) is 13.3. The summed E-state index contributed by atoms with van der Waals surface area (Å²) in [5, 5.41) is 6.65. The third kappa shape index (κ3) is 4.97. The molecule has 5 nitrogen and oxygen atoms in total. The fourth-order valence-corrected chi connectivity index (χ4v) is 3.15. The third-order valence-electron chi connectivity index (χ3n) is 3.55. The molecule has 1 aliphatic heterocycles. The number of ether oxygens (including phenoxy) is 1. The van der Waals surface area contributed by atoms with Crippen molar-refractivity contribution in [1.82, 2.24) is 15.2 Å². The van der Waals surface area contributed by atoms with Gasteiger partial charge in [0, 0.05) is 38.0 Å². The van der Waals surface area contributed by atoms with Crippen LogP contribution >= 0.6 is 11.3 Å². The molecule has 1 fully saturated rings. The van der Waals surface area contributed by atoms with Crippen LogP contribution in [0.25, 0.3) is 0 Å². The average molecular weight is 310 g/mol. The highest BCUT2D eigenvalue weighted by Crippen LogP contribution is 2.14. The van der Waals surface area contributed by atoms with E-state index in [1.54, 1.807) is 11.3 Å². The molecule has 2 heterocycles. The van der Waals surface area contributed by atoms with Crippen molar-refractivity contribution in [2.75, 3.05) is 33.4 Å². The lowest BCUT2D eigenvalue weighted by molar-refractivity contribution is 0.181. The Hall–Kier alpha value is -1.14. The van der Waals surface area contributed by atoms with Crippen LogP contribution in [-0.2, 0) is 17.7 Å². The predicted molar refractivity (Wildman–Crippen MR) is 87.9 cm³/mol. The van der Waals surface area contributed by atoms with E-state index in [0.29, 0.717) is 12.5 Å². The summed E-state index contributed by atoms with van der Waals surface area (Å²) < 4.78 is 5.45. The van der Waals surface area contributed by atoms with Crippen molar-refractivity contribution >= 4 is 17.3 Å². The zero-order valence-corrected chi connectivity index (χ0v) is 14.1. The van der Waals surface area contributed by atoms with Gasteiger partial charge in [0.2, 0.25) is 0 Å². The molecule has 0 spiro atoms. The van der Waals surface area contributed by atoms with Crippen LogP contribution in [0.5, 0.6) is 0 Å². The molecule has 1 aromatic rings. The van der Waals surface area contributed by atoms with Crippen LogP contribution in [0.3, 0.4) is 0 Å². The minimum absolute atomic E-state index is 0.616. The van der Waals surface area contributed by atoms with E-state index in [1.165, 1.54) is 5.01 Å².